The molecule has 0 aromatic heterocycles. The van der Waals surface area contributed by atoms with Crippen molar-refractivity contribution >= 4 is 21.6 Å². The minimum Gasteiger partial charge on any atom is -0.507 e. The number of nitrogens with two attached hydrogens (primary N) is 1. The van der Waals surface area contributed by atoms with Crippen molar-refractivity contribution < 1.29 is 18.3 Å². The highest BCUT2D eigenvalue weighted by Gasteiger charge is 2.17. The van der Waals surface area contributed by atoms with Crippen molar-refractivity contribution in [2.75, 3.05) is 5.32 Å². The summed E-state index contributed by atoms with van der Waals surface area (Å²) in [5.41, 5.74) is 0.0972. The fraction of sp³-hybridized carbons (Fsp3) is 0. The highest BCUT2D eigenvalue weighted by atomic mass is 32.2. The van der Waals surface area contributed by atoms with Gasteiger partial charge >= 0.3 is 0 Å². The van der Waals surface area contributed by atoms with Gasteiger partial charge in [-0.15, -0.1) is 0 Å². The van der Waals surface area contributed by atoms with Gasteiger partial charge < -0.3 is 10.4 Å². The van der Waals surface area contributed by atoms with Crippen molar-refractivity contribution in [3.8, 4) is 5.75 Å². The maximum Gasteiger partial charge on any atom is 0.259 e. The van der Waals surface area contributed by atoms with Gasteiger partial charge in [-0.25, -0.2) is 13.6 Å². The number of phenols is 1. The number of amides is 1. The summed E-state index contributed by atoms with van der Waals surface area (Å²) in [5.74, 6) is -0.822. The van der Waals surface area contributed by atoms with E-state index in [0.29, 0.717) is 0 Å². The molecular weight excluding hydrogens is 280 g/mol. The Balaban J connectivity index is 2.37. The predicted molar refractivity (Wildman–Crippen MR) is 73.9 cm³/mol. The Morgan fingerprint density at radius 3 is 2.30 bits per heavy atom. The first-order chi connectivity index (χ1) is 9.39. The molecule has 0 heterocycles. The lowest BCUT2D eigenvalue weighted by Crippen LogP contribution is -2.18. The van der Waals surface area contributed by atoms with Gasteiger partial charge in [0.25, 0.3) is 5.91 Å². The van der Waals surface area contributed by atoms with Crippen molar-refractivity contribution in [1.82, 2.24) is 0 Å². The minimum atomic E-state index is -3.95. The molecule has 6 nitrogen and oxygen atoms in total. The van der Waals surface area contributed by atoms with Crippen molar-refractivity contribution in [3.05, 3.63) is 54.1 Å². The van der Waals surface area contributed by atoms with Crippen LogP contribution in [0.2, 0.25) is 0 Å². The van der Waals surface area contributed by atoms with Crippen molar-refractivity contribution in [1.29, 1.82) is 0 Å². The van der Waals surface area contributed by atoms with Crippen LogP contribution in [0, 0.1) is 0 Å². The summed E-state index contributed by atoms with van der Waals surface area (Å²) in [6.45, 7) is 0. The monoisotopic (exact) mass is 292 g/mol. The zero-order chi connectivity index (χ0) is 14.8. The summed E-state index contributed by atoms with van der Waals surface area (Å²) in [4.78, 5) is 11.8. The number of phenolic OH excluding ortho intramolecular Hbond substituents is 1. The summed E-state index contributed by atoms with van der Waals surface area (Å²) in [6.07, 6.45) is 0. The Bertz CT molecular complexity index is 756. The van der Waals surface area contributed by atoms with Crippen LogP contribution in [0.15, 0.2) is 53.4 Å². The SMILES string of the molecule is NS(=O)(=O)c1ccccc1NC(=O)c1ccccc1O. The maximum absolute atomic E-state index is 12.0. The summed E-state index contributed by atoms with van der Waals surface area (Å²) >= 11 is 0. The van der Waals surface area contributed by atoms with E-state index in [4.69, 9.17) is 5.14 Å². The zero-order valence-corrected chi connectivity index (χ0v) is 11.1. The summed E-state index contributed by atoms with van der Waals surface area (Å²) in [7, 11) is -3.95. The van der Waals surface area contributed by atoms with Crippen molar-refractivity contribution in [2.45, 2.75) is 4.90 Å². The molecule has 0 aliphatic rings. The second-order valence-electron chi connectivity index (χ2n) is 4.01. The number of hydrogen-bond acceptors (Lipinski definition) is 4. The van der Waals surface area contributed by atoms with Gasteiger partial charge in [-0.1, -0.05) is 24.3 Å². The molecule has 0 fully saturated rings. The predicted octanol–water partition coefficient (Wildman–Crippen LogP) is 1.29. The van der Waals surface area contributed by atoms with E-state index in [2.05, 4.69) is 5.32 Å². The second-order valence-corrected chi connectivity index (χ2v) is 5.54. The van der Waals surface area contributed by atoms with E-state index >= 15 is 0 Å². The van der Waals surface area contributed by atoms with E-state index < -0.39 is 15.9 Å². The van der Waals surface area contributed by atoms with Gasteiger partial charge in [0.05, 0.1) is 11.3 Å². The number of hydrogen-bond donors (Lipinski definition) is 3. The number of benzene rings is 2. The molecule has 0 unspecified atom stereocenters. The third kappa shape index (κ3) is 2.95. The number of nitrogens with one attached hydrogen (secondary N) is 1. The Hall–Kier alpha value is -2.38. The lowest BCUT2D eigenvalue weighted by atomic mass is 10.2. The Labute approximate surface area is 115 Å². The van der Waals surface area contributed by atoms with E-state index in [1.165, 1.54) is 30.3 Å². The van der Waals surface area contributed by atoms with E-state index in [9.17, 15) is 18.3 Å². The Morgan fingerprint density at radius 2 is 1.65 bits per heavy atom. The van der Waals surface area contributed by atoms with Gasteiger partial charge in [-0.3, -0.25) is 4.79 Å². The second kappa shape index (κ2) is 5.32. The lowest BCUT2D eigenvalue weighted by molar-refractivity contribution is 0.102. The molecule has 0 saturated carbocycles. The van der Waals surface area contributed by atoms with Gasteiger partial charge in [0.2, 0.25) is 10.0 Å². The van der Waals surface area contributed by atoms with E-state index in [-0.39, 0.29) is 21.9 Å². The highest BCUT2D eigenvalue weighted by Crippen LogP contribution is 2.22. The standard InChI is InChI=1S/C13H12N2O4S/c14-20(18,19)12-8-4-2-6-10(12)15-13(17)9-5-1-3-7-11(9)16/h1-8,16H,(H,15,17)(H2,14,18,19). The van der Waals surface area contributed by atoms with Crippen LogP contribution in [0.4, 0.5) is 5.69 Å². The maximum atomic E-state index is 12.0. The van der Waals surface area contributed by atoms with Crippen LogP contribution in [0.25, 0.3) is 0 Å². The van der Waals surface area contributed by atoms with Crippen molar-refractivity contribution in [3.63, 3.8) is 0 Å². The average Bonchev–Trinajstić information content (AvgIpc) is 2.38. The zero-order valence-electron chi connectivity index (χ0n) is 10.3. The summed E-state index contributed by atoms with van der Waals surface area (Å²) < 4.78 is 22.8. The van der Waals surface area contributed by atoms with E-state index in [1.54, 1.807) is 18.2 Å². The van der Waals surface area contributed by atoms with Crippen LogP contribution < -0.4 is 10.5 Å². The molecule has 1 amide bonds. The number of sulfonamides is 1. The fourth-order valence-corrected chi connectivity index (χ4v) is 2.37. The molecule has 0 saturated heterocycles. The van der Waals surface area contributed by atoms with E-state index in [0.717, 1.165) is 0 Å². The number of para-hydroxylation sites is 2. The van der Waals surface area contributed by atoms with Gasteiger partial charge in [0.1, 0.15) is 10.6 Å². The van der Waals surface area contributed by atoms with Gasteiger partial charge in [-0.2, -0.15) is 0 Å². The first-order valence-corrected chi connectivity index (χ1v) is 7.15. The first kappa shape index (κ1) is 14.0. The largest absolute Gasteiger partial charge is 0.507 e. The molecule has 2 aromatic carbocycles. The molecule has 0 spiro atoms. The third-order valence-corrected chi connectivity index (χ3v) is 3.56. The molecule has 2 rings (SSSR count). The molecule has 2 aromatic rings. The Morgan fingerprint density at radius 1 is 1.05 bits per heavy atom. The van der Waals surface area contributed by atoms with Gasteiger partial charge in [-0.05, 0) is 24.3 Å². The third-order valence-electron chi connectivity index (χ3n) is 2.59. The van der Waals surface area contributed by atoms with Crippen LogP contribution >= 0.6 is 0 Å². The van der Waals surface area contributed by atoms with Crippen LogP contribution in [-0.4, -0.2) is 19.4 Å². The van der Waals surface area contributed by atoms with E-state index in [1.807, 2.05) is 0 Å². The molecular formula is C13H12N2O4S. The number of aromatic hydroxyl groups is 1. The molecule has 7 heteroatoms. The number of anilines is 1. The molecule has 0 aliphatic carbocycles. The smallest absolute Gasteiger partial charge is 0.259 e. The van der Waals surface area contributed by atoms with Gasteiger partial charge in [0.15, 0.2) is 0 Å². The molecule has 20 heavy (non-hydrogen) atoms. The van der Waals surface area contributed by atoms with Gasteiger partial charge in [0, 0.05) is 0 Å². The molecule has 0 radical (unpaired) electrons. The molecule has 4 N–H and O–H groups in total. The molecule has 0 atom stereocenters. The molecule has 104 valence electrons. The van der Waals surface area contributed by atoms with Crippen LogP contribution in [-0.2, 0) is 10.0 Å². The fourth-order valence-electron chi connectivity index (χ4n) is 1.67. The van der Waals surface area contributed by atoms with Crippen LogP contribution in [0.1, 0.15) is 10.4 Å². The van der Waals surface area contributed by atoms with Crippen molar-refractivity contribution in [2.24, 2.45) is 5.14 Å². The normalized spacial score (nSPS) is 11.1. The first-order valence-electron chi connectivity index (χ1n) is 5.61. The average molecular weight is 292 g/mol. The molecule has 0 bridgehead atoms. The van der Waals surface area contributed by atoms with Crippen LogP contribution in [0.3, 0.4) is 0 Å². The number of carbonyl (C=O) groups excluding carboxylic acids is 1. The summed E-state index contributed by atoms with van der Waals surface area (Å²) in [6, 6.07) is 11.7. The summed E-state index contributed by atoms with van der Waals surface area (Å²) in [5, 5.41) is 17.1. The number of carbonyl (C=O) groups is 1. The van der Waals surface area contributed by atoms with Crippen LogP contribution in [0.5, 0.6) is 5.75 Å². The number of primary sulfonamides is 1. The molecule has 0 aliphatic heterocycles. The number of rotatable bonds is 3. The Kier molecular flexibility index (Phi) is 3.73. The topological polar surface area (TPSA) is 109 Å². The highest BCUT2D eigenvalue weighted by molar-refractivity contribution is 7.89. The lowest BCUT2D eigenvalue weighted by Gasteiger charge is -2.10. The quantitative estimate of drug-likeness (QED) is 0.791. The minimum absolute atomic E-state index is 0.0386.